The lowest BCUT2D eigenvalue weighted by Crippen LogP contribution is -2.60. The third kappa shape index (κ3) is 3.72. The first-order valence-corrected chi connectivity index (χ1v) is 8.76. The molecule has 4 aliphatic carbocycles. The van der Waals surface area contributed by atoms with Gasteiger partial charge in [0, 0.05) is 12.1 Å². The number of benzene rings is 1. The summed E-state index contributed by atoms with van der Waals surface area (Å²) < 4.78 is 0. The Balaban J connectivity index is 0.00000156. The second kappa shape index (κ2) is 6.82. The maximum absolute atomic E-state index is 12.3. The van der Waals surface area contributed by atoms with Crippen LogP contribution in [0.15, 0.2) is 30.3 Å². The Labute approximate surface area is 145 Å². The van der Waals surface area contributed by atoms with Gasteiger partial charge >= 0.3 is 0 Å². The van der Waals surface area contributed by atoms with Crippen molar-refractivity contribution >= 4 is 18.3 Å². The fourth-order valence-electron chi connectivity index (χ4n) is 5.52. The molecule has 1 amide bonds. The molecule has 0 heterocycles. The average Bonchev–Trinajstić information content (AvgIpc) is 2.46. The Kier molecular flexibility index (Phi) is 4.98. The summed E-state index contributed by atoms with van der Waals surface area (Å²) in [6.45, 7) is 1.19. The third-order valence-electron chi connectivity index (χ3n) is 5.90. The second-order valence-corrected chi connectivity index (χ2v) is 7.84. The smallest absolute Gasteiger partial charge is 0.234 e. The van der Waals surface area contributed by atoms with E-state index in [0.717, 1.165) is 24.3 Å². The maximum atomic E-state index is 12.3. The Morgan fingerprint density at radius 2 is 1.57 bits per heavy atom. The highest BCUT2D eigenvalue weighted by Crippen LogP contribution is 2.55. The lowest BCUT2D eigenvalue weighted by atomic mass is 9.53. The average molecular weight is 335 g/mol. The quantitative estimate of drug-likeness (QED) is 0.867. The molecule has 4 aliphatic rings. The van der Waals surface area contributed by atoms with Crippen molar-refractivity contribution in [3.63, 3.8) is 0 Å². The van der Waals surface area contributed by atoms with Crippen LogP contribution in [-0.4, -0.2) is 18.0 Å². The molecule has 0 aliphatic heterocycles. The number of carbonyl (C=O) groups is 1. The van der Waals surface area contributed by atoms with Gasteiger partial charge in [0.25, 0.3) is 0 Å². The molecule has 1 aromatic carbocycles. The zero-order chi connectivity index (χ0) is 15.0. The van der Waals surface area contributed by atoms with Gasteiger partial charge in [-0.05, 0) is 61.8 Å². The van der Waals surface area contributed by atoms with Crippen LogP contribution < -0.4 is 10.6 Å². The molecule has 0 saturated heterocycles. The summed E-state index contributed by atoms with van der Waals surface area (Å²) in [5.74, 6) is 2.81. The molecule has 126 valence electrons. The van der Waals surface area contributed by atoms with Crippen molar-refractivity contribution in [2.45, 2.75) is 50.6 Å². The fraction of sp³-hybridized carbons (Fsp3) is 0.632. The Morgan fingerprint density at radius 3 is 2.13 bits per heavy atom. The summed E-state index contributed by atoms with van der Waals surface area (Å²) in [6, 6.07) is 10.3. The lowest BCUT2D eigenvalue weighted by Gasteiger charge is -2.56. The number of halogens is 1. The number of rotatable bonds is 5. The molecule has 0 atom stereocenters. The number of hydrogen-bond acceptors (Lipinski definition) is 2. The summed E-state index contributed by atoms with van der Waals surface area (Å²) in [5.41, 5.74) is 1.37. The molecule has 23 heavy (non-hydrogen) atoms. The highest BCUT2D eigenvalue weighted by atomic mass is 35.5. The number of nitrogens with one attached hydrogen (secondary N) is 2. The molecule has 1 aromatic rings. The van der Waals surface area contributed by atoms with Crippen molar-refractivity contribution in [1.29, 1.82) is 0 Å². The van der Waals surface area contributed by atoms with Crippen LogP contribution in [0.3, 0.4) is 0 Å². The van der Waals surface area contributed by atoms with Gasteiger partial charge in [0.2, 0.25) is 5.91 Å². The molecular weight excluding hydrogens is 308 g/mol. The van der Waals surface area contributed by atoms with E-state index in [9.17, 15) is 4.79 Å². The first kappa shape index (κ1) is 16.8. The normalized spacial score (nSPS) is 34.0. The Bertz CT molecular complexity index is 510. The fourth-order valence-corrected chi connectivity index (χ4v) is 5.52. The van der Waals surface area contributed by atoms with Crippen LogP contribution in [0.5, 0.6) is 0 Å². The van der Waals surface area contributed by atoms with Crippen LogP contribution in [-0.2, 0) is 11.3 Å². The Hall–Kier alpha value is -1.06. The first-order valence-electron chi connectivity index (χ1n) is 8.76. The molecule has 0 unspecified atom stereocenters. The minimum Gasteiger partial charge on any atom is -0.350 e. The van der Waals surface area contributed by atoms with E-state index in [0.29, 0.717) is 6.54 Å². The number of hydrogen-bond donors (Lipinski definition) is 2. The maximum Gasteiger partial charge on any atom is 0.234 e. The Morgan fingerprint density at radius 1 is 1.00 bits per heavy atom. The van der Waals surface area contributed by atoms with Gasteiger partial charge in [-0.15, -0.1) is 12.4 Å². The zero-order valence-electron chi connectivity index (χ0n) is 13.6. The predicted molar refractivity (Wildman–Crippen MR) is 94.4 cm³/mol. The van der Waals surface area contributed by atoms with Crippen LogP contribution in [0.2, 0.25) is 0 Å². The van der Waals surface area contributed by atoms with Crippen molar-refractivity contribution in [2.24, 2.45) is 17.8 Å². The van der Waals surface area contributed by atoms with E-state index in [1.54, 1.807) is 0 Å². The van der Waals surface area contributed by atoms with Crippen LogP contribution >= 0.6 is 12.4 Å². The highest BCUT2D eigenvalue weighted by molar-refractivity contribution is 5.85. The van der Waals surface area contributed by atoms with E-state index < -0.39 is 0 Å². The topological polar surface area (TPSA) is 41.1 Å². The predicted octanol–water partition coefficient (Wildman–Crippen LogP) is 3.28. The summed E-state index contributed by atoms with van der Waals surface area (Å²) in [7, 11) is 0. The van der Waals surface area contributed by atoms with E-state index in [1.807, 2.05) is 18.2 Å². The highest BCUT2D eigenvalue weighted by Gasteiger charge is 2.51. The van der Waals surface area contributed by atoms with Crippen LogP contribution in [0.25, 0.3) is 0 Å². The van der Waals surface area contributed by atoms with Crippen LogP contribution in [0, 0.1) is 17.8 Å². The lowest BCUT2D eigenvalue weighted by molar-refractivity contribution is -0.126. The van der Waals surface area contributed by atoms with Gasteiger partial charge in [0.15, 0.2) is 0 Å². The van der Waals surface area contributed by atoms with Crippen molar-refractivity contribution in [3.05, 3.63) is 35.9 Å². The molecule has 3 nitrogen and oxygen atoms in total. The summed E-state index contributed by atoms with van der Waals surface area (Å²) in [6.07, 6.45) is 7.93. The standard InChI is InChI=1S/C19H26N2O.ClH/c22-18(13-20-12-14-4-2-1-3-5-14)21-19-9-15-6-16(10-19)8-17(7-15)11-19;/h1-5,15-17,20H,6-13H2,(H,21,22);1H. The molecule has 4 saturated carbocycles. The van der Waals surface area contributed by atoms with E-state index in [1.165, 1.54) is 44.1 Å². The molecular formula is C19H27ClN2O. The van der Waals surface area contributed by atoms with E-state index in [2.05, 4.69) is 22.8 Å². The van der Waals surface area contributed by atoms with Crippen LogP contribution in [0.1, 0.15) is 44.1 Å². The zero-order valence-corrected chi connectivity index (χ0v) is 14.4. The molecule has 0 radical (unpaired) electrons. The first-order chi connectivity index (χ1) is 10.7. The third-order valence-corrected chi connectivity index (χ3v) is 5.90. The van der Waals surface area contributed by atoms with Gasteiger partial charge in [0.1, 0.15) is 0 Å². The molecule has 0 spiro atoms. The molecule has 4 bridgehead atoms. The molecule has 2 N–H and O–H groups in total. The molecule has 4 fully saturated rings. The van der Waals surface area contributed by atoms with Gasteiger partial charge in [-0.25, -0.2) is 0 Å². The van der Waals surface area contributed by atoms with Gasteiger partial charge in [-0.1, -0.05) is 30.3 Å². The summed E-state index contributed by atoms with van der Waals surface area (Å²) >= 11 is 0. The van der Waals surface area contributed by atoms with E-state index >= 15 is 0 Å². The minimum absolute atomic E-state index is 0. The summed E-state index contributed by atoms with van der Waals surface area (Å²) in [5, 5.41) is 6.68. The largest absolute Gasteiger partial charge is 0.350 e. The van der Waals surface area contributed by atoms with Gasteiger partial charge in [0.05, 0.1) is 6.54 Å². The van der Waals surface area contributed by atoms with Gasteiger partial charge in [-0.2, -0.15) is 0 Å². The molecule has 5 rings (SSSR count). The van der Waals surface area contributed by atoms with Gasteiger partial charge in [-0.3, -0.25) is 4.79 Å². The SMILES string of the molecule is Cl.O=C(CNCc1ccccc1)NC12CC3CC(CC(C3)C1)C2. The second-order valence-electron chi connectivity index (χ2n) is 7.84. The van der Waals surface area contributed by atoms with Crippen molar-refractivity contribution in [1.82, 2.24) is 10.6 Å². The molecule has 0 aromatic heterocycles. The van der Waals surface area contributed by atoms with Crippen molar-refractivity contribution in [2.75, 3.05) is 6.54 Å². The monoisotopic (exact) mass is 334 g/mol. The van der Waals surface area contributed by atoms with Crippen LogP contribution in [0.4, 0.5) is 0 Å². The van der Waals surface area contributed by atoms with E-state index in [4.69, 9.17) is 0 Å². The van der Waals surface area contributed by atoms with Crippen molar-refractivity contribution < 1.29 is 4.79 Å². The van der Waals surface area contributed by atoms with Gasteiger partial charge < -0.3 is 10.6 Å². The van der Waals surface area contributed by atoms with Crippen molar-refractivity contribution in [3.8, 4) is 0 Å². The number of amides is 1. The minimum atomic E-state index is 0. The van der Waals surface area contributed by atoms with E-state index in [-0.39, 0.29) is 23.9 Å². The summed E-state index contributed by atoms with van der Waals surface area (Å²) in [4.78, 5) is 12.3. The molecule has 4 heteroatoms. The number of carbonyl (C=O) groups excluding carboxylic acids is 1.